The Labute approximate surface area is 158 Å². The van der Waals surface area contributed by atoms with E-state index >= 15 is 0 Å². The predicted octanol–water partition coefficient (Wildman–Crippen LogP) is 6.43. The van der Waals surface area contributed by atoms with E-state index in [0.29, 0.717) is 17.0 Å². The molecule has 134 valence electrons. The van der Waals surface area contributed by atoms with Crippen LogP contribution in [0.1, 0.15) is 45.1 Å². The molecule has 1 aromatic heterocycles. The van der Waals surface area contributed by atoms with Gasteiger partial charge in [0.15, 0.2) is 0 Å². The number of hydrogen-bond donors (Lipinski definition) is 0. The third kappa shape index (κ3) is 4.16. The maximum Gasteiger partial charge on any atom is 0.141 e. The van der Waals surface area contributed by atoms with Gasteiger partial charge in [0.25, 0.3) is 0 Å². The van der Waals surface area contributed by atoms with Crippen molar-refractivity contribution < 1.29 is 9.13 Å². The van der Waals surface area contributed by atoms with Gasteiger partial charge < -0.3 is 4.74 Å². The van der Waals surface area contributed by atoms with Gasteiger partial charge in [0.1, 0.15) is 11.0 Å². The molecule has 25 heavy (non-hydrogen) atoms. The van der Waals surface area contributed by atoms with E-state index in [0.717, 1.165) is 43.4 Å². The maximum absolute atomic E-state index is 13.4. The van der Waals surface area contributed by atoms with E-state index < -0.39 is 5.82 Å². The summed E-state index contributed by atoms with van der Waals surface area (Å²) in [7, 11) is 0. The van der Waals surface area contributed by atoms with Crippen LogP contribution in [0.5, 0.6) is 0 Å². The number of aromatic nitrogens is 1. The summed E-state index contributed by atoms with van der Waals surface area (Å²) < 4.78 is 19.3. The molecule has 0 spiro atoms. The summed E-state index contributed by atoms with van der Waals surface area (Å²) in [5.74, 6) is -0.439. The summed E-state index contributed by atoms with van der Waals surface area (Å²) >= 11 is 12.1. The molecule has 0 unspecified atom stereocenters. The molecule has 1 aromatic carbocycles. The van der Waals surface area contributed by atoms with E-state index in [2.05, 4.69) is 18.8 Å². The molecule has 0 bridgehead atoms. The summed E-state index contributed by atoms with van der Waals surface area (Å²) in [5.41, 5.74) is 2.63. The predicted molar refractivity (Wildman–Crippen MR) is 101 cm³/mol. The zero-order valence-corrected chi connectivity index (χ0v) is 16.0. The van der Waals surface area contributed by atoms with Gasteiger partial charge in [0.2, 0.25) is 0 Å². The van der Waals surface area contributed by atoms with Gasteiger partial charge in [-0.2, -0.15) is 0 Å². The van der Waals surface area contributed by atoms with E-state index in [-0.39, 0.29) is 10.4 Å². The summed E-state index contributed by atoms with van der Waals surface area (Å²) in [6, 6.07) is 8.54. The van der Waals surface area contributed by atoms with E-state index in [9.17, 15) is 4.39 Å². The van der Waals surface area contributed by atoms with Crippen LogP contribution in [0.2, 0.25) is 10.2 Å². The third-order valence-electron chi connectivity index (χ3n) is 4.91. The Morgan fingerprint density at radius 2 is 2.00 bits per heavy atom. The second-order valence-corrected chi connectivity index (χ2v) is 7.80. The Kier molecular flexibility index (Phi) is 5.67. The van der Waals surface area contributed by atoms with Gasteiger partial charge in [-0.3, -0.25) is 0 Å². The number of pyridine rings is 1. The van der Waals surface area contributed by atoms with Crippen LogP contribution >= 0.6 is 23.2 Å². The first-order valence-electron chi connectivity index (χ1n) is 8.66. The summed E-state index contributed by atoms with van der Waals surface area (Å²) in [6.45, 7) is 5.21. The van der Waals surface area contributed by atoms with Crippen molar-refractivity contribution in [2.75, 3.05) is 6.61 Å². The first-order chi connectivity index (χ1) is 11.9. The first kappa shape index (κ1) is 18.6. The molecule has 5 heteroatoms. The van der Waals surface area contributed by atoms with Gasteiger partial charge in [0.05, 0.1) is 16.8 Å². The van der Waals surface area contributed by atoms with Crippen LogP contribution in [-0.2, 0) is 10.2 Å². The molecule has 1 saturated carbocycles. The fourth-order valence-corrected chi connectivity index (χ4v) is 3.73. The largest absolute Gasteiger partial charge is 0.378 e. The van der Waals surface area contributed by atoms with Crippen molar-refractivity contribution in [3.05, 3.63) is 51.9 Å². The van der Waals surface area contributed by atoms with Gasteiger partial charge in [-0.1, -0.05) is 43.5 Å². The molecule has 1 aliphatic rings. The molecule has 1 heterocycles. The Hall–Kier alpha value is -1.16. The maximum atomic E-state index is 13.4. The van der Waals surface area contributed by atoms with Gasteiger partial charge in [0, 0.05) is 12.2 Å². The molecule has 2 nitrogen and oxygen atoms in total. The van der Waals surface area contributed by atoms with Crippen LogP contribution in [0.15, 0.2) is 30.3 Å². The smallest absolute Gasteiger partial charge is 0.141 e. The van der Waals surface area contributed by atoms with Crippen LogP contribution < -0.4 is 0 Å². The summed E-state index contributed by atoms with van der Waals surface area (Å²) in [4.78, 5) is 4.38. The standard InChI is InChI=1S/C20H22Cl2FNO/c1-3-4-7-25-15-11-20(2,12-15)14-9-18(24-19(22)10-14)13-5-6-17(23)16(21)8-13/h5-6,8-10,15H,3-4,7,11-12H2,1-2H3. The van der Waals surface area contributed by atoms with Crippen LogP contribution in [0.3, 0.4) is 0 Å². The summed E-state index contributed by atoms with van der Waals surface area (Å²) in [5, 5.41) is 0.518. The lowest BCUT2D eigenvalue weighted by Gasteiger charge is -2.45. The molecule has 0 atom stereocenters. The number of rotatable bonds is 6. The molecular formula is C20H22Cl2FNO. The zero-order valence-electron chi connectivity index (χ0n) is 14.5. The molecule has 2 aromatic rings. The number of nitrogens with zero attached hydrogens (tertiary/aromatic N) is 1. The van der Waals surface area contributed by atoms with Crippen molar-refractivity contribution >= 4 is 23.2 Å². The molecule has 0 saturated heterocycles. The highest BCUT2D eigenvalue weighted by Gasteiger charge is 2.42. The van der Waals surface area contributed by atoms with Gasteiger partial charge in [-0.15, -0.1) is 0 Å². The number of unbranched alkanes of at least 4 members (excludes halogenated alkanes) is 1. The lowest BCUT2D eigenvalue weighted by Crippen LogP contribution is -2.43. The van der Waals surface area contributed by atoms with Crippen molar-refractivity contribution in [3.8, 4) is 11.3 Å². The minimum absolute atomic E-state index is 0.0298. The Balaban J connectivity index is 1.79. The molecular weight excluding hydrogens is 360 g/mol. The molecule has 0 aliphatic heterocycles. The van der Waals surface area contributed by atoms with Gasteiger partial charge in [-0.25, -0.2) is 9.37 Å². The van der Waals surface area contributed by atoms with Crippen LogP contribution in [0.25, 0.3) is 11.3 Å². The van der Waals surface area contributed by atoms with Crippen LogP contribution in [0.4, 0.5) is 4.39 Å². The van der Waals surface area contributed by atoms with Gasteiger partial charge in [-0.05, 0) is 60.6 Å². The second-order valence-electron chi connectivity index (χ2n) is 7.01. The average molecular weight is 382 g/mol. The average Bonchev–Trinajstić information content (AvgIpc) is 2.55. The molecule has 3 rings (SSSR count). The Bertz CT molecular complexity index is 759. The van der Waals surface area contributed by atoms with Crippen molar-refractivity contribution in [1.82, 2.24) is 4.98 Å². The van der Waals surface area contributed by atoms with E-state index in [4.69, 9.17) is 27.9 Å². The summed E-state index contributed by atoms with van der Waals surface area (Å²) in [6.07, 6.45) is 4.51. The molecule has 1 aliphatic carbocycles. The highest BCUT2D eigenvalue weighted by Crippen LogP contribution is 2.46. The molecule has 0 N–H and O–H groups in total. The lowest BCUT2D eigenvalue weighted by molar-refractivity contribution is -0.0414. The minimum atomic E-state index is -0.439. The lowest BCUT2D eigenvalue weighted by atomic mass is 9.64. The van der Waals surface area contributed by atoms with Crippen molar-refractivity contribution in [1.29, 1.82) is 0 Å². The third-order valence-corrected chi connectivity index (χ3v) is 5.40. The zero-order chi connectivity index (χ0) is 18.0. The number of halogens is 3. The van der Waals surface area contributed by atoms with E-state index in [1.165, 1.54) is 6.07 Å². The van der Waals surface area contributed by atoms with Crippen molar-refractivity contribution in [2.24, 2.45) is 0 Å². The normalized spacial score (nSPS) is 22.7. The second kappa shape index (κ2) is 7.61. The van der Waals surface area contributed by atoms with Gasteiger partial charge >= 0.3 is 0 Å². The SMILES string of the molecule is CCCCOC1CC(C)(c2cc(Cl)nc(-c3ccc(F)c(Cl)c3)c2)C1. The Morgan fingerprint density at radius 1 is 1.24 bits per heavy atom. The monoisotopic (exact) mass is 381 g/mol. The molecule has 0 amide bonds. The van der Waals surface area contributed by atoms with Crippen LogP contribution in [0, 0.1) is 5.82 Å². The molecule has 0 radical (unpaired) electrons. The first-order valence-corrected chi connectivity index (χ1v) is 9.42. The number of ether oxygens (including phenoxy) is 1. The van der Waals surface area contributed by atoms with Crippen LogP contribution in [-0.4, -0.2) is 17.7 Å². The van der Waals surface area contributed by atoms with Crippen molar-refractivity contribution in [3.63, 3.8) is 0 Å². The fourth-order valence-electron chi connectivity index (χ4n) is 3.34. The molecule has 1 fully saturated rings. The number of benzene rings is 1. The quantitative estimate of drug-likeness (QED) is 0.424. The highest BCUT2D eigenvalue weighted by atomic mass is 35.5. The fraction of sp³-hybridized carbons (Fsp3) is 0.450. The van der Waals surface area contributed by atoms with Crippen molar-refractivity contribution in [2.45, 2.75) is 51.0 Å². The van der Waals surface area contributed by atoms with E-state index in [1.54, 1.807) is 12.1 Å². The minimum Gasteiger partial charge on any atom is -0.378 e. The topological polar surface area (TPSA) is 22.1 Å². The highest BCUT2D eigenvalue weighted by molar-refractivity contribution is 6.31. The van der Waals surface area contributed by atoms with E-state index in [1.807, 2.05) is 12.1 Å². The Morgan fingerprint density at radius 3 is 2.68 bits per heavy atom. The number of hydrogen-bond acceptors (Lipinski definition) is 2.